The third kappa shape index (κ3) is 4.22. The number of benzene rings is 2. The molecular weight excluding hydrogens is 453 g/mol. The minimum absolute atomic E-state index is 0.0753. The number of nitrogens with zero attached hydrogens (tertiary/aromatic N) is 5. The van der Waals surface area contributed by atoms with E-state index in [9.17, 15) is 19.3 Å². The predicted octanol–water partition coefficient (Wildman–Crippen LogP) is 4.32. The lowest BCUT2D eigenvalue weighted by Gasteiger charge is -2.28. The molecule has 2 N–H and O–H groups in total. The van der Waals surface area contributed by atoms with Gasteiger partial charge in [-0.05, 0) is 61.0 Å². The number of amides is 1. The van der Waals surface area contributed by atoms with Gasteiger partial charge in [-0.1, -0.05) is 6.07 Å². The Hall–Kier alpha value is -4.93. The Labute approximate surface area is 198 Å². The van der Waals surface area contributed by atoms with Crippen LogP contribution < -0.4 is 10.6 Å². The summed E-state index contributed by atoms with van der Waals surface area (Å²) in [6.45, 7) is 1.74. The molecule has 2 aromatic heterocycles. The van der Waals surface area contributed by atoms with Crippen LogP contribution in [0, 0.1) is 15.9 Å². The zero-order valence-electron chi connectivity index (χ0n) is 18.3. The lowest BCUT2D eigenvalue weighted by molar-refractivity contribution is -0.384. The molecule has 1 aliphatic rings. The number of hydrogen-bond donors (Lipinski definition) is 2. The zero-order chi connectivity index (χ0) is 24.5. The smallest absolute Gasteiger partial charge is 0.269 e. The number of nitro benzene ring substituents is 1. The molecule has 4 aromatic rings. The van der Waals surface area contributed by atoms with Crippen molar-refractivity contribution in [3.8, 4) is 11.4 Å². The van der Waals surface area contributed by atoms with Gasteiger partial charge in [0.1, 0.15) is 17.7 Å². The second kappa shape index (κ2) is 8.78. The Morgan fingerprint density at radius 3 is 2.51 bits per heavy atom. The molecule has 5 rings (SSSR count). The van der Waals surface area contributed by atoms with Crippen molar-refractivity contribution in [3.05, 3.63) is 106 Å². The van der Waals surface area contributed by atoms with E-state index in [2.05, 4.69) is 25.7 Å². The number of nitrogens with one attached hydrogen (secondary N) is 2. The number of nitro groups is 1. The molecule has 1 unspecified atom stereocenters. The highest BCUT2D eigenvalue weighted by molar-refractivity contribution is 6.05. The average molecular weight is 471 g/mol. The van der Waals surface area contributed by atoms with Crippen molar-refractivity contribution in [2.75, 3.05) is 10.6 Å². The van der Waals surface area contributed by atoms with E-state index in [0.29, 0.717) is 40.0 Å². The number of fused-ring (bicyclic) bond motifs is 1. The molecule has 0 aliphatic carbocycles. The number of hydrogen-bond acceptors (Lipinski definition) is 7. The lowest BCUT2D eigenvalue weighted by atomic mass is 9.95. The molecule has 174 valence electrons. The first-order valence-electron chi connectivity index (χ1n) is 10.6. The first-order valence-corrected chi connectivity index (χ1v) is 10.6. The SMILES string of the molecule is CC1=C(C(=O)Nc2ccccn2)C(c2ccc([N+](=O)[O-])cc2)n2nc(-c3ccc(F)cc3)nc2N1. The number of non-ortho nitro benzene ring substituents is 1. The lowest BCUT2D eigenvalue weighted by Crippen LogP contribution is -2.31. The van der Waals surface area contributed by atoms with Gasteiger partial charge >= 0.3 is 0 Å². The summed E-state index contributed by atoms with van der Waals surface area (Å²) in [5.74, 6) is 0.280. The summed E-state index contributed by atoms with van der Waals surface area (Å²) in [7, 11) is 0. The normalized spacial score (nSPS) is 14.7. The van der Waals surface area contributed by atoms with Gasteiger partial charge in [0, 0.05) is 29.6 Å². The van der Waals surface area contributed by atoms with Crippen molar-refractivity contribution >= 4 is 23.4 Å². The Morgan fingerprint density at radius 1 is 1.11 bits per heavy atom. The summed E-state index contributed by atoms with van der Waals surface area (Å²) < 4.78 is 15.0. The fourth-order valence-corrected chi connectivity index (χ4v) is 3.87. The van der Waals surface area contributed by atoms with E-state index in [1.54, 1.807) is 60.3 Å². The molecule has 1 aliphatic heterocycles. The Morgan fingerprint density at radius 2 is 1.86 bits per heavy atom. The number of aromatic nitrogens is 4. The molecule has 11 heteroatoms. The molecule has 35 heavy (non-hydrogen) atoms. The van der Waals surface area contributed by atoms with Crippen molar-refractivity contribution in [1.82, 2.24) is 19.7 Å². The molecule has 0 bridgehead atoms. The highest BCUT2D eigenvalue weighted by Crippen LogP contribution is 2.37. The third-order valence-electron chi connectivity index (χ3n) is 5.53. The van der Waals surface area contributed by atoms with Crippen LogP contribution in [0.5, 0.6) is 0 Å². The van der Waals surface area contributed by atoms with Crippen molar-refractivity contribution in [3.63, 3.8) is 0 Å². The van der Waals surface area contributed by atoms with Crippen LogP contribution >= 0.6 is 0 Å². The van der Waals surface area contributed by atoms with Crippen LogP contribution in [0.25, 0.3) is 11.4 Å². The van der Waals surface area contributed by atoms with Crippen molar-refractivity contribution in [1.29, 1.82) is 0 Å². The van der Waals surface area contributed by atoms with Gasteiger partial charge in [0.05, 0.1) is 10.5 Å². The van der Waals surface area contributed by atoms with Crippen molar-refractivity contribution < 1.29 is 14.1 Å². The fraction of sp³-hybridized carbons (Fsp3) is 0.0833. The summed E-state index contributed by atoms with van der Waals surface area (Å²) in [5.41, 5.74) is 1.99. The minimum atomic E-state index is -0.738. The summed E-state index contributed by atoms with van der Waals surface area (Å²) in [6.07, 6.45) is 1.56. The van der Waals surface area contributed by atoms with Gasteiger partial charge in [-0.3, -0.25) is 14.9 Å². The third-order valence-corrected chi connectivity index (χ3v) is 5.53. The Balaban J connectivity index is 1.60. The number of carbonyl (C=O) groups excluding carboxylic acids is 1. The molecule has 1 amide bonds. The molecule has 0 radical (unpaired) electrons. The van der Waals surface area contributed by atoms with E-state index in [0.717, 1.165) is 0 Å². The van der Waals surface area contributed by atoms with Gasteiger partial charge in [-0.2, -0.15) is 4.98 Å². The molecule has 10 nitrogen and oxygen atoms in total. The van der Waals surface area contributed by atoms with Gasteiger partial charge in [-0.15, -0.1) is 5.10 Å². The predicted molar refractivity (Wildman–Crippen MR) is 126 cm³/mol. The molecular formula is C24H18FN7O3. The number of carbonyl (C=O) groups is 1. The fourth-order valence-electron chi connectivity index (χ4n) is 3.87. The molecule has 0 spiro atoms. The average Bonchev–Trinajstić information content (AvgIpc) is 3.27. The zero-order valence-corrected chi connectivity index (χ0v) is 18.3. The second-order valence-corrected chi connectivity index (χ2v) is 7.79. The van der Waals surface area contributed by atoms with Crippen LogP contribution in [0.2, 0.25) is 0 Å². The summed E-state index contributed by atoms with van der Waals surface area (Å²) >= 11 is 0. The summed E-state index contributed by atoms with van der Waals surface area (Å²) in [5, 5.41) is 21.7. The monoisotopic (exact) mass is 471 g/mol. The minimum Gasteiger partial charge on any atom is -0.328 e. The highest BCUT2D eigenvalue weighted by Gasteiger charge is 2.35. The maximum atomic E-state index is 13.4. The number of pyridine rings is 1. The van der Waals surface area contributed by atoms with Crippen LogP contribution in [-0.2, 0) is 4.79 Å². The number of allylic oxidation sites excluding steroid dienone is 1. The highest BCUT2D eigenvalue weighted by atomic mass is 19.1. The van der Waals surface area contributed by atoms with Gasteiger partial charge in [0.2, 0.25) is 5.95 Å². The van der Waals surface area contributed by atoms with E-state index in [-0.39, 0.29) is 11.5 Å². The maximum Gasteiger partial charge on any atom is 0.269 e. The van der Waals surface area contributed by atoms with E-state index in [4.69, 9.17) is 0 Å². The number of rotatable bonds is 5. The molecule has 1 atom stereocenters. The standard InChI is InChI=1S/C24H18FN7O3/c1-14-20(23(33)28-19-4-2-3-13-26-19)21(15-7-11-18(12-8-15)32(34)35)31-24(27-14)29-22(30-31)16-5-9-17(25)10-6-16/h2-13,21H,1H3,(H,26,28,33)(H,27,29,30). The van der Waals surface area contributed by atoms with Crippen molar-refractivity contribution in [2.45, 2.75) is 13.0 Å². The Kier molecular flexibility index (Phi) is 5.49. The summed E-state index contributed by atoms with van der Waals surface area (Å²) in [4.78, 5) is 32.7. The first-order chi connectivity index (χ1) is 16.9. The van der Waals surface area contributed by atoms with Crippen LogP contribution in [0.15, 0.2) is 84.2 Å². The molecule has 3 heterocycles. The molecule has 0 fully saturated rings. The quantitative estimate of drug-likeness (QED) is 0.328. The number of anilines is 2. The van der Waals surface area contributed by atoms with Gasteiger partial charge in [0.25, 0.3) is 11.6 Å². The topological polar surface area (TPSA) is 128 Å². The van der Waals surface area contributed by atoms with Gasteiger partial charge < -0.3 is 10.6 Å². The van der Waals surface area contributed by atoms with E-state index < -0.39 is 16.9 Å². The second-order valence-electron chi connectivity index (χ2n) is 7.79. The van der Waals surface area contributed by atoms with Crippen LogP contribution in [-0.4, -0.2) is 30.6 Å². The molecule has 0 saturated heterocycles. The van der Waals surface area contributed by atoms with Crippen LogP contribution in [0.4, 0.5) is 21.8 Å². The first kappa shape index (κ1) is 21.9. The van der Waals surface area contributed by atoms with E-state index in [1.165, 1.54) is 24.3 Å². The molecule has 2 aromatic carbocycles. The maximum absolute atomic E-state index is 13.4. The largest absolute Gasteiger partial charge is 0.328 e. The van der Waals surface area contributed by atoms with E-state index in [1.807, 2.05) is 0 Å². The number of halogens is 1. The Bertz CT molecular complexity index is 1450. The van der Waals surface area contributed by atoms with Gasteiger partial charge in [-0.25, -0.2) is 14.1 Å². The van der Waals surface area contributed by atoms with E-state index >= 15 is 0 Å². The van der Waals surface area contributed by atoms with Crippen LogP contribution in [0.1, 0.15) is 18.5 Å². The van der Waals surface area contributed by atoms with Crippen molar-refractivity contribution in [2.24, 2.45) is 0 Å². The summed E-state index contributed by atoms with van der Waals surface area (Å²) in [6, 6.07) is 16.1. The molecule has 0 saturated carbocycles. The van der Waals surface area contributed by atoms with Crippen LogP contribution in [0.3, 0.4) is 0 Å². The van der Waals surface area contributed by atoms with Gasteiger partial charge in [0.15, 0.2) is 5.82 Å².